The SMILES string of the molecule is Cc1ccc(S(=O)(=O)N/N=C\c2ccc(-c3cc(Cl)ccc3C(=O)OC(C)C)o2)cc1. The summed E-state index contributed by atoms with van der Waals surface area (Å²) in [4.78, 5) is 14.6. The highest BCUT2D eigenvalue weighted by atomic mass is 35.5. The Morgan fingerprint density at radius 1 is 1.13 bits per heavy atom. The summed E-state index contributed by atoms with van der Waals surface area (Å²) in [7, 11) is -3.80. The molecule has 0 spiro atoms. The number of hydrazone groups is 1. The quantitative estimate of drug-likeness (QED) is 0.310. The maximum Gasteiger partial charge on any atom is 0.339 e. The topological polar surface area (TPSA) is 98.0 Å². The first-order chi connectivity index (χ1) is 14.7. The first-order valence-corrected chi connectivity index (χ1v) is 11.2. The van der Waals surface area contributed by atoms with Crippen LogP contribution in [0.15, 0.2) is 69.0 Å². The molecule has 7 nitrogen and oxygen atoms in total. The maximum atomic E-state index is 12.4. The predicted octanol–water partition coefficient (Wildman–Crippen LogP) is 4.79. The van der Waals surface area contributed by atoms with Crippen LogP contribution < -0.4 is 4.83 Å². The summed E-state index contributed by atoms with van der Waals surface area (Å²) in [5.41, 5.74) is 1.71. The minimum absolute atomic E-state index is 0.0996. The van der Waals surface area contributed by atoms with Crippen molar-refractivity contribution in [3.63, 3.8) is 0 Å². The van der Waals surface area contributed by atoms with Gasteiger partial charge in [-0.25, -0.2) is 4.79 Å². The van der Waals surface area contributed by atoms with E-state index in [1.807, 2.05) is 6.92 Å². The number of rotatable bonds is 7. The van der Waals surface area contributed by atoms with Gasteiger partial charge in [-0.05, 0) is 63.2 Å². The second-order valence-corrected chi connectivity index (χ2v) is 9.11. The molecule has 0 atom stereocenters. The summed E-state index contributed by atoms with van der Waals surface area (Å²) in [6.45, 7) is 5.38. The Labute approximate surface area is 185 Å². The number of esters is 1. The van der Waals surface area contributed by atoms with E-state index in [1.165, 1.54) is 18.3 Å². The number of hydrogen-bond acceptors (Lipinski definition) is 6. The molecule has 0 aliphatic heterocycles. The summed E-state index contributed by atoms with van der Waals surface area (Å²) in [5, 5.41) is 4.18. The standard InChI is InChI=1S/C22H21ClN2O5S/c1-14(2)29-22(26)19-10-6-16(23)12-20(19)21-11-7-17(30-21)13-24-25-31(27,28)18-8-4-15(3)5-9-18/h4-14,25H,1-3H3/b24-13-. The van der Waals surface area contributed by atoms with Crippen molar-refractivity contribution in [2.24, 2.45) is 5.10 Å². The van der Waals surface area contributed by atoms with Crippen LogP contribution in [-0.2, 0) is 14.8 Å². The van der Waals surface area contributed by atoms with Gasteiger partial charge in [-0.1, -0.05) is 29.3 Å². The molecule has 0 amide bonds. The van der Waals surface area contributed by atoms with Crippen LogP contribution in [0.3, 0.4) is 0 Å². The van der Waals surface area contributed by atoms with Crippen molar-refractivity contribution in [1.29, 1.82) is 0 Å². The molecule has 0 radical (unpaired) electrons. The van der Waals surface area contributed by atoms with Gasteiger partial charge in [0.2, 0.25) is 0 Å². The second-order valence-electron chi connectivity index (χ2n) is 7.01. The highest BCUT2D eigenvalue weighted by Crippen LogP contribution is 2.29. The van der Waals surface area contributed by atoms with Gasteiger partial charge in [0, 0.05) is 10.6 Å². The zero-order chi connectivity index (χ0) is 22.6. The Morgan fingerprint density at radius 2 is 1.84 bits per heavy atom. The van der Waals surface area contributed by atoms with Gasteiger partial charge in [0.15, 0.2) is 0 Å². The molecule has 0 saturated heterocycles. The molecule has 9 heteroatoms. The van der Waals surface area contributed by atoms with E-state index in [2.05, 4.69) is 9.93 Å². The molecule has 162 valence electrons. The van der Waals surface area contributed by atoms with Crippen molar-refractivity contribution in [3.8, 4) is 11.3 Å². The largest absolute Gasteiger partial charge is 0.459 e. The van der Waals surface area contributed by atoms with Crippen LogP contribution in [0.4, 0.5) is 0 Å². The number of ether oxygens (including phenoxy) is 1. The molecule has 1 heterocycles. The van der Waals surface area contributed by atoms with Crippen molar-refractivity contribution < 1.29 is 22.4 Å². The number of sulfonamides is 1. The monoisotopic (exact) mass is 460 g/mol. The molecule has 2 aromatic carbocycles. The Hall–Kier alpha value is -3.10. The van der Waals surface area contributed by atoms with Gasteiger partial charge < -0.3 is 9.15 Å². The van der Waals surface area contributed by atoms with Crippen LogP contribution in [0.1, 0.15) is 35.5 Å². The summed E-state index contributed by atoms with van der Waals surface area (Å²) in [6.07, 6.45) is 0.947. The number of carbonyl (C=O) groups excluding carboxylic acids is 1. The van der Waals surface area contributed by atoms with Crippen molar-refractivity contribution in [1.82, 2.24) is 4.83 Å². The molecule has 3 aromatic rings. The number of halogens is 1. The summed E-state index contributed by atoms with van der Waals surface area (Å²) in [6, 6.07) is 14.4. The van der Waals surface area contributed by atoms with Crippen molar-refractivity contribution in [2.75, 3.05) is 0 Å². The minimum Gasteiger partial charge on any atom is -0.459 e. The third kappa shape index (κ3) is 5.74. The van der Waals surface area contributed by atoms with Gasteiger partial charge in [0.05, 0.1) is 22.8 Å². The van der Waals surface area contributed by atoms with Gasteiger partial charge >= 0.3 is 5.97 Å². The molecule has 0 aliphatic rings. The van der Waals surface area contributed by atoms with Gasteiger partial charge in [0.1, 0.15) is 11.5 Å². The zero-order valence-corrected chi connectivity index (χ0v) is 18.7. The smallest absolute Gasteiger partial charge is 0.339 e. The first kappa shape index (κ1) is 22.6. The van der Waals surface area contributed by atoms with Crippen molar-refractivity contribution >= 4 is 33.8 Å². The van der Waals surface area contributed by atoms with Crippen LogP contribution in [0, 0.1) is 6.92 Å². The average Bonchev–Trinajstić information content (AvgIpc) is 3.16. The van der Waals surface area contributed by atoms with Crippen LogP contribution in [0.5, 0.6) is 0 Å². The number of nitrogens with zero attached hydrogens (tertiary/aromatic N) is 1. The van der Waals surface area contributed by atoms with E-state index in [0.717, 1.165) is 5.56 Å². The molecule has 0 bridgehead atoms. The fourth-order valence-electron chi connectivity index (χ4n) is 2.67. The molecular formula is C22H21ClN2O5S. The van der Waals surface area contributed by atoms with Gasteiger partial charge in [-0.15, -0.1) is 0 Å². The molecule has 0 aliphatic carbocycles. The molecule has 1 aromatic heterocycles. The second kappa shape index (κ2) is 9.36. The molecule has 0 saturated carbocycles. The fourth-order valence-corrected chi connectivity index (χ4v) is 3.64. The van der Waals surface area contributed by atoms with E-state index in [9.17, 15) is 13.2 Å². The summed E-state index contributed by atoms with van der Waals surface area (Å²) in [5.74, 6) is 0.143. The number of nitrogens with one attached hydrogen (secondary N) is 1. The van der Waals surface area contributed by atoms with Crippen molar-refractivity contribution in [2.45, 2.75) is 31.8 Å². The van der Waals surface area contributed by atoms with Gasteiger partial charge in [0.25, 0.3) is 10.0 Å². The lowest BCUT2D eigenvalue weighted by Gasteiger charge is -2.11. The predicted molar refractivity (Wildman–Crippen MR) is 119 cm³/mol. The van der Waals surface area contributed by atoms with E-state index in [-0.39, 0.29) is 16.8 Å². The third-order valence-electron chi connectivity index (χ3n) is 4.13. The normalized spacial score (nSPS) is 11.8. The number of benzene rings is 2. The van der Waals surface area contributed by atoms with Crippen LogP contribution in [-0.4, -0.2) is 26.7 Å². The number of carbonyl (C=O) groups is 1. The van der Waals surface area contributed by atoms with E-state index in [1.54, 1.807) is 56.3 Å². The molecule has 1 N–H and O–H groups in total. The zero-order valence-electron chi connectivity index (χ0n) is 17.1. The number of aryl methyl sites for hydroxylation is 1. The van der Waals surface area contributed by atoms with E-state index < -0.39 is 16.0 Å². The third-order valence-corrected chi connectivity index (χ3v) is 5.61. The summed E-state index contributed by atoms with van der Waals surface area (Å²) >= 11 is 6.09. The molecular weight excluding hydrogens is 440 g/mol. The van der Waals surface area contributed by atoms with Gasteiger partial charge in [-0.2, -0.15) is 18.4 Å². The minimum atomic E-state index is -3.80. The number of furan rings is 1. The van der Waals surface area contributed by atoms with Gasteiger partial charge in [-0.3, -0.25) is 0 Å². The number of hydrogen-bond donors (Lipinski definition) is 1. The average molecular weight is 461 g/mol. The highest BCUT2D eigenvalue weighted by molar-refractivity contribution is 7.89. The Balaban J connectivity index is 1.80. The molecule has 3 rings (SSSR count). The molecule has 31 heavy (non-hydrogen) atoms. The highest BCUT2D eigenvalue weighted by Gasteiger charge is 2.18. The van der Waals surface area contributed by atoms with Crippen LogP contribution in [0.25, 0.3) is 11.3 Å². The van der Waals surface area contributed by atoms with E-state index in [0.29, 0.717) is 21.9 Å². The summed E-state index contributed by atoms with van der Waals surface area (Å²) < 4.78 is 35.5. The van der Waals surface area contributed by atoms with Crippen LogP contribution >= 0.6 is 11.6 Å². The fraction of sp³-hybridized carbons (Fsp3) is 0.182. The first-order valence-electron chi connectivity index (χ1n) is 9.38. The van der Waals surface area contributed by atoms with E-state index in [4.69, 9.17) is 20.8 Å². The van der Waals surface area contributed by atoms with Crippen LogP contribution in [0.2, 0.25) is 5.02 Å². The lowest BCUT2D eigenvalue weighted by molar-refractivity contribution is 0.0378. The lowest BCUT2D eigenvalue weighted by atomic mass is 10.1. The molecule has 0 fully saturated rings. The van der Waals surface area contributed by atoms with Crippen molar-refractivity contribution in [3.05, 3.63) is 76.5 Å². The lowest BCUT2D eigenvalue weighted by Crippen LogP contribution is -2.18. The van der Waals surface area contributed by atoms with E-state index >= 15 is 0 Å². The maximum absolute atomic E-state index is 12.4. The Kier molecular flexibility index (Phi) is 6.82. The molecule has 0 unspecified atom stereocenters. The Bertz CT molecular complexity index is 1210. The Morgan fingerprint density at radius 3 is 2.52 bits per heavy atom.